The predicted molar refractivity (Wildman–Crippen MR) is 101 cm³/mol. The number of hydrogen-bond acceptors (Lipinski definition) is 5. The molecule has 1 amide bonds. The lowest BCUT2D eigenvalue weighted by atomic mass is 10.2. The van der Waals surface area contributed by atoms with E-state index in [0.29, 0.717) is 42.1 Å². The maximum Gasteiger partial charge on any atom is 0.270 e. The van der Waals surface area contributed by atoms with E-state index in [2.05, 4.69) is 15.0 Å². The van der Waals surface area contributed by atoms with Crippen LogP contribution in [0.5, 0.6) is 0 Å². The Labute approximate surface area is 162 Å². The van der Waals surface area contributed by atoms with Crippen molar-refractivity contribution in [2.75, 3.05) is 26.2 Å². The molecule has 3 heterocycles. The van der Waals surface area contributed by atoms with Gasteiger partial charge in [-0.05, 0) is 36.4 Å². The van der Waals surface area contributed by atoms with Crippen LogP contribution in [-0.4, -0.2) is 56.6 Å². The van der Waals surface area contributed by atoms with Gasteiger partial charge in [0, 0.05) is 50.0 Å². The molecule has 2 aromatic heterocycles. The topological polar surface area (TPSA) is 67.4 Å². The highest BCUT2D eigenvalue weighted by Gasteiger charge is 2.24. The van der Waals surface area contributed by atoms with E-state index in [1.807, 2.05) is 47.0 Å². The fraction of sp³-hybridized carbons (Fsp3) is 0.316. The van der Waals surface area contributed by atoms with Crippen LogP contribution in [0.15, 0.2) is 47.1 Å². The third-order valence-corrected chi connectivity index (χ3v) is 5.00. The zero-order valence-electron chi connectivity index (χ0n) is 15.0. The number of hydrogen-bond donors (Lipinski definition) is 0. The number of rotatable bonds is 4. The maximum absolute atomic E-state index is 12.6. The van der Waals surface area contributed by atoms with Gasteiger partial charge in [0.25, 0.3) is 5.91 Å². The zero-order chi connectivity index (χ0) is 18.8. The summed E-state index contributed by atoms with van der Waals surface area (Å²) in [7, 11) is 1.89. The van der Waals surface area contributed by atoms with Gasteiger partial charge in [-0.25, -0.2) is 0 Å². The summed E-state index contributed by atoms with van der Waals surface area (Å²) in [5.41, 5.74) is 1.58. The van der Waals surface area contributed by atoms with Crippen LogP contribution in [-0.2, 0) is 13.6 Å². The number of carbonyl (C=O) groups excluding carboxylic acids is 1. The number of halogens is 1. The number of aryl methyl sites for hydroxylation is 1. The SMILES string of the molecule is Cn1cccc1C(=O)N1CCN(Cc2nc(-c3ccc(Cl)cc3)no2)CC1. The normalized spacial score (nSPS) is 15.3. The lowest BCUT2D eigenvalue weighted by Crippen LogP contribution is -2.48. The summed E-state index contributed by atoms with van der Waals surface area (Å²) in [5.74, 6) is 1.20. The molecule has 7 nitrogen and oxygen atoms in total. The molecule has 0 saturated carbocycles. The molecule has 8 heteroatoms. The van der Waals surface area contributed by atoms with Gasteiger partial charge in [0.1, 0.15) is 5.69 Å². The van der Waals surface area contributed by atoms with Gasteiger partial charge in [-0.3, -0.25) is 9.69 Å². The van der Waals surface area contributed by atoms with E-state index >= 15 is 0 Å². The second-order valence-electron chi connectivity index (χ2n) is 6.59. The minimum absolute atomic E-state index is 0.0740. The van der Waals surface area contributed by atoms with Crippen molar-refractivity contribution in [1.29, 1.82) is 0 Å². The molecule has 0 spiro atoms. The van der Waals surface area contributed by atoms with Crippen LogP contribution >= 0.6 is 11.6 Å². The Morgan fingerprint density at radius 1 is 1.15 bits per heavy atom. The van der Waals surface area contributed by atoms with Crippen LogP contribution in [0.2, 0.25) is 5.02 Å². The highest BCUT2D eigenvalue weighted by Crippen LogP contribution is 2.19. The first kappa shape index (κ1) is 17.8. The lowest BCUT2D eigenvalue weighted by Gasteiger charge is -2.33. The van der Waals surface area contributed by atoms with Crippen molar-refractivity contribution in [2.24, 2.45) is 7.05 Å². The van der Waals surface area contributed by atoms with Gasteiger partial charge in [-0.15, -0.1) is 0 Å². The molecule has 1 aromatic carbocycles. The standard InChI is InChI=1S/C19H20ClN5O2/c1-23-8-2-3-16(23)19(26)25-11-9-24(10-12-25)13-17-21-18(22-27-17)14-4-6-15(20)7-5-14/h2-8H,9-13H2,1H3. The minimum atomic E-state index is 0.0740. The molecule has 1 aliphatic heterocycles. The van der Waals surface area contributed by atoms with Gasteiger partial charge in [-0.2, -0.15) is 4.98 Å². The Balaban J connectivity index is 1.34. The molecule has 140 valence electrons. The van der Waals surface area contributed by atoms with Crippen molar-refractivity contribution in [3.8, 4) is 11.4 Å². The lowest BCUT2D eigenvalue weighted by molar-refractivity contribution is 0.0606. The first-order chi connectivity index (χ1) is 13.1. The maximum atomic E-state index is 12.6. The van der Waals surface area contributed by atoms with E-state index in [9.17, 15) is 4.79 Å². The first-order valence-electron chi connectivity index (χ1n) is 8.81. The predicted octanol–water partition coefficient (Wildman–Crippen LogP) is 2.69. The molecule has 1 fully saturated rings. The van der Waals surface area contributed by atoms with Gasteiger partial charge in [0.05, 0.1) is 6.54 Å². The number of nitrogens with zero attached hydrogens (tertiary/aromatic N) is 5. The van der Waals surface area contributed by atoms with Crippen LogP contribution in [0.1, 0.15) is 16.4 Å². The second kappa shape index (κ2) is 7.54. The van der Waals surface area contributed by atoms with Gasteiger partial charge in [-0.1, -0.05) is 16.8 Å². The molecule has 0 bridgehead atoms. The monoisotopic (exact) mass is 385 g/mol. The van der Waals surface area contributed by atoms with Crippen LogP contribution in [0.4, 0.5) is 0 Å². The zero-order valence-corrected chi connectivity index (χ0v) is 15.8. The van der Waals surface area contributed by atoms with E-state index < -0.39 is 0 Å². The molecule has 1 saturated heterocycles. The third kappa shape index (κ3) is 3.89. The van der Waals surface area contributed by atoms with E-state index in [1.54, 1.807) is 12.1 Å². The van der Waals surface area contributed by atoms with Gasteiger partial charge < -0.3 is 14.0 Å². The minimum Gasteiger partial charge on any atom is -0.347 e. The molecule has 3 aromatic rings. The van der Waals surface area contributed by atoms with Crippen molar-refractivity contribution in [3.63, 3.8) is 0 Å². The van der Waals surface area contributed by atoms with E-state index in [1.165, 1.54) is 0 Å². The number of aromatic nitrogens is 3. The third-order valence-electron chi connectivity index (χ3n) is 4.75. The van der Waals surface area contributed by atoms with Crippen LogP contribution < -0.4 is 0 Å². The van der Waals surface area contributed by atoms with Crippen molar-refractivity contribution >= 4 is 17.5 Å². The van der Waals surface area contributed by atoms with Crippen molar-refractivity contribution in [1.82, 2.24) is 24.5 Å². The molecule has 4 rings (SSSR count). The Morgan fingerprint density at radius 2 is 1.89 bits per heavy atom. The Morgan fingerprint density at radius 3 is 2.56 bits per heavy atom. The molecule has 1 aliphatic rings. The Kier molecular flexibility index (Phi) is 4.96. The fourth-order valence-electron chi connectivity index (χ4n) is 3.18. The van der Waals surface area contributed by atoms with E-state index in [-0.39, 0.29) is 5.91 Å². The summed E-state index contributed by atoms with van der Waals surface area (Å²) >= 11 is 5.91. The summed E-state index contributed by atoms with van der Waals surface area (Å²) in [6, 6.07) is 11.1. The second-order valence-corrected chi connectivity index (χ2v) is 7.03. The fourth-order valence-corrected chi connectivity index (χ4v) is 3.31. The molecule has 27 heavy (non-hydrogen) atoms. The van der Waals surface area contributed by atoms with Gasteiger partial charge in [0.2, 0.25) is 11.7 Å². The Bertz CT molecular complexity index is 926. The van der Waals surface area contributed by atoms with Crippen molar-refractivity contribution < 1.29 is 9.32 Å². The van der Waals surface area contributed by atoms with Crippen molar-refractivity contribution in [2.45, 2.75) is 6.54 Å². The average molecular weight is 386 g/mol. The smallest absolute Gasteiger partial charge is 0.270 e. The highest BCUT2D eigenvalue weighted by atomic mass is 35.5. The molecule has 0 aliphatic carbocycles. The molecule has 0 atom stereocenters. The van der Waals surface area contributed by atoms with Gasteiger partial charge >= 0.3 is 0 Å². The number of benzene rings is 1. The summed E-state index contributed by atoms with van der Waals surface area (Å²) in [6.45, 7) is 3.49. The van der Waals surface area contributed by atoms with Crippen LogP contribution in [0, 0.1) is 0 Å². The molecule has 0 radical (unpaired) electrons. The van der Waals surface area contributed by atoms with Crippen molar-refractivity contribution in [3.05, 3.63) is 59.2 Å². The molecular formula is C19H20ClN5O2. The average Bonchev–Trinajstić information content (AvgIpc) is 3.31. The molecule has 0 unspecified atom stereocenters. The van der Waals surface area contributed by atoms with Crippen LogP contribution in [0.25, 0.3) is 11.4 Å². The molecular weight excluding hydrogens is 366 g/mol. The van der Waals surface area contributed by atoms with E-state index in [0.717, 1.165) is 18.7 Å². The van der Waals surface area contributed by atoms with E-state index in [4.69, 9.17) is 16.1 Å². The number of carbonyl (C=O) groups is 1. The quantitative estimate of drug-likeness (QED) is 0.690. The number of piperazine rings is 1. The summed E-state index contributed by atoms with van der Waals surface area (Å²) in [6.07, 6.45) is 1.89. The number of amides is 1. The largest absolute Gasteiger partial charge is 0.347 e. The van der Waals surface area contributed by atoms with Gasteiger partial charge in [0.15, 0.2) is 0 Å². The first-order valence-corrected chi connectivity index (χ1v) is 9.19. The Hall–Kier alpha value is -2.64. The molecule has 0 N–H and O–H groups in total. The van der Waals surface area contributed by atoms with Crippen LogP contribution in [0.3, 0.4) is 0 Å². The summed E-state index contributed by atoms with van der Waals surface area (Å²) in [4.78, 5) is 21.1. The summed E-state index contributed by atoms with van der Waals surface area (Å²) in [5, 5.41) is 4.72. The summed E-state index contributed by atoms with van der Waals surface area (Å²) < 4.78 is 7.23. The highest BCUT2D eigenvalue weighted by molar-refractivity contribution is 6.30.